The van der Waals surface area contributed by atoms with Gasteiger partial charge in [0.1, 0.15) is 0 Å². The van der Waals surface area contributed by atoms with Crippen LogP contribution in [0.3, 0.4) is 0 Å². The van der Waals surface area contributed by atoms with Crippen molar-refractivity contribution in [2.45, 2.75) is 110 Å². The van der Waals surface area contributed by atoms with Crippen LogP contribution in [0.2, 0.25) is 0 Å². The van der Waals surface area contributed by atoms with Crippen molar-refractivity contribution in [3.05, 3.63) is 58.7 Å². The Morgan fingerprint density at radius 3 is 2.42 bits per heavy atom. The lowest BCUT2D eigenvalue weighted by atomic mass is 9.76. The first kappa shape index (κ1) is 24.2. The molecular formula is C29H42F2. The third kappa shape index (κ3) is 7.02. The van der Waals surface area contributed by atoms with E-state index in [-0.39, 0.29) is 5.92 Å². The van der Waals surface area contributed by atoms with E-state index in [2.05, 4.69) is 32.1 Å². The number of hydrogen-bond acceptors (Lipinski definition) is 0. The van der Waals surface area contributed by atoms with Gasteiger partial charge in [-0.3, -0.25) is 0 Å². The van der Waals surface area contributed by atoms with Gasteiger partial charge in [0.25, 0.3) is 0 Å². The minimum atomic E-state index is -0.608. The zero-order valence-electron chi connectivity index (χ0n) is 19.8. The van der Waals surface area contributed by atoms with Gasteiger partial charge < -0.3 is 0 Å². The van der Waals surface area contributed by atoms with Crippen molar-refractivity contribution in [3.63, 3.8) is 0 Å². The van der Waals surface area contributed by atoms with Gasteiger partial charge in [-0.05, 0) is 93.1 Å². The van der Waals surface area contributed by atoms with Crippen molar-refractivity contribution in [3.8, 4) is 0 Å². The molecule has 1 saturated carbocycles. The minimum Gasteiger partial charge on any atom is -0.203 e. The van der Waals surface area contributed by atoms with Gasteiger partial charge in [-0.15, -0.1) is 0 Å². The highest BCUT2D eigenvalue weighted by molar-refractivity contribution is 5.29. The van der Waals surface area contributed by atoms with Crippen molar-refractivity contribution >= 4 is 0 Å². The Bertz CT molecular complexity index is 737. The predicted molar refractivity (Wildman–Crippen MR) is 128 cm³/mol. The van der Waals surface area contributed by atoms with E-state index in [9.17, 15) is 8.78 Å². The lowest BCUT2D eigenvalue weighted by molar-refractivity contribution is 0.299. The second kappa shape index (κ2) is 12.6. The molecule has 2 aliphatic rings. The van der Waals surface area contributed by atoms with Gasteiger partial charge in [-0.25, -0.2) is 8.78 Å². The largest absolute Gasteiger partial charge is 0.203 e. The average Bonchev–Trinajstić information content (AvgIpc) is 2.80. The fourth-order valence-electron chi connectivity index (χ4n) is 5.53. The third-order valence-corrected chi connectivity index (χ3v) is 7.55. The van der Waals surface area contributed by atoms with Gasteiger partial charge in [-0.2, -0.15) is 0 Å². The fourth-order valence-corrected chi connectivity index (χ4v) is 5.53. The lowest BCUT2D eigenvalue weighted by Gasteiger charge is -2.29. The molecule has 0 amide bonds. The first-order valence-corrected chi connectivity index (χ1v) is 12.9. The summed E-state index contributed by atoms with van der Waals surface area (Å²) in [6.45, 7) is 4.47. The number of rotatable bonds is 10. The second-order valence-electron chi connectivity index (χ2n) is 9.92. The summed E-state index contributed by atoms with van der Waals surface area (Å²) in [5.74, 6) is 0.395. The Balaban J connectivity index is 1.48. The van der Waals surface area contributed by atoms with Crippen LogP contribution >= 0.6 is 0 Å². The van der Waals surface area contributed by atoms with E-state index in [1.807, 2.05) is 12.1 Å². The van der Waals surface area contributed by atoms with Crippen LogP contribution in [-0.2, 0) is 6.42 Å². The molecule has 0 radical (unpaired) electrons. The van der Waals surface area contributed by atoms with Gasteiger partial charge >= 0.3 is 0 Å². The van der Waals surface area contributed by atoms with Crippen LogP contribution in [0.25, 0.3) is 0 Å². The van der Waals surface area contributed by atoms with Crippen LogP contribution in [0, 0.1) is 23.5 Å². The van der Waals surface area contributed by atoms with Crippen LogP contribution in [0.1, 0.15) is 114 Å². The number of aryl methyl sites for hydroxylation is 1. The lowest BCUT2D eigenvalue weighted by Crippen LogP contribution is -2.15. The normalized spacial score (nSPS) is 24.5. The van der Waals surface area contributed by atoms with Gasteiger partial charge in [0.15, 0.2) is 11.6 Å². The molecule has 1 fully saturated rings. The molecule has 1 unspecified atom stereocenters. The highest BCUT2D eigenvalue weighted by atomic mass is 19.2. The van der Waals surface area contributed by atoms with Gasteiger partial charge in [-0.1, -0.05) is 75.5 Å². The number of unbranched alkanes of at least 4 members (excludes halogenated alkanes) is 1. The first-order chi connectivity index (χ1) is 15.1. The molecule has 0 bridgehead atoms. The SMILES string of the molecule is CCCCC1CCC(c2ccc(CC/C=C/C3CC=C(CCC)CC3)c(F)c2F)CC1. The van der Waals surface area contributed by atoms with Crippen molar-refractivity contribution < 1.29 is 8.78 Å². The van der Waals surface area contributed by atoms with Crippen LogP contribution in [0.5, 0.6) is 0 Å². The highest BCUT2D eigenvalue weighted by Crippen LogP contribution is 2.39. The van der Waals surface area contributed by atoms with E-state index in [0.717, 1.165) is 44.4 Å². The number of hydrogen-bond donors (Lipinski definition) is 0. The number of benzene rings is 1. The maximum Gasteiger partial charge on any atom is 0.162 e. The summed E-state index contributed by atoms with van der Waals surface area (Å²) in [6, 6.07) is 3.71. The Labute approximate surface area is 189 Å². The summed E-state index contributed by atoms with van der Waals surface area (Å²) in [5.41, 5.74) is 2.75. The molecule has 0 heterocycles. The predicted octanol–water partition coefficient (Wildman–Crippen LogP) is 9.44. The fraction of sp³-hybridized carbons (Fsp3) is 0.655. The van der Waals surface area contributed by atoms with Crippen LogP contribution < -0.4 is 0 Å². The zero-order valence-corrected chi connectivity index (χ0v) is 19.8. The number of allylic oxidation sites excluding steroid dienone is 4. The summed E-state index contributed by atoms with van der Waals surface area (Å²) < 4.78 is 29.6. The molecule has 2 heteroatoms. The molecule has 1 atom stereocenters. The van der Waals surface area contributed by atoms with E-state index in [1.165, 1.54) is 44.9 Å². The summed E-state index contributed by atoms with van der Waals surface area (Å²) in [6.07, 6.45) is 22.4. The Kier molecular flexibility index (Phi) is 9.81. The summed E-state index contributed by atoms with van der Waals surface area (Å²) >= 11 is 0. The average molecular weight is 429 g/mol. The molecule has 0 aromatic heterocycles. The van der Waals surface area contributed by atoms with Gasteiger partial charge in [0, 0.05) is 0 Å². The Morgan fingerprint density at radius 2 is 1.74 bits per heavy atom. The topological polar surface area (TPSA) is 0 Å². The van der Waals surface area contributed by atoms with E-state index in [1.54, 1.807) is 5.57 Å². The minimum absolute atomic E-state index is 0.193. The zero-order chi connectivity index (χ0) is 22.1. The molecule has 0 N–H and O–H groups in total. The van der Waals surface area contributed by atoms with Crippen LogP contribution in [0.4, 0.5) is 8.78 Å². The number of halogens is 2. The molecule has 172 valence electrons. The molecule has 1 aromatic rings. The molecule has 1 aromatic carbocycles. The molecule has 0 saturated heterocycles. The van der Waals surface area contributed by atoms with Crippen LogP contribution in [-0.4, -0.2) is 0 Å². The summed E-state index contributed by atoms with van der Waals surface area (Å²) in [7, 11) is 0. The quantitative estimate of drug-likeness (QED) is 0.325. The van der Waals surface area contributed by atoms with Crippen molar-refractivity contribution in [1.29, 1.82) is 0 Å². The maximum absolute atomic E-state index is 14.8. The molecule has 31 heavy (non-hydrogen) atoms. The third-order valence-electron chi connectivity index (χ3n) is 7.55. The monoisotopic (exact) mass is 428 g/mol. The molecule has 0 nitrogen and oxygen atoms in total. The van der Waals surface area contributed by atoms with E-state index >= 15 is 0 Å². The van der Waals surface area contributed by atoms with Crippen molar-refractivity contribution in [1.82, 2.24) is 0 Å². The van der Waals surface area contributed by atoms with Gasteiger partial charge in [0.2, 0.25) is 0 Å². The van der Waals surface area contributed by atoms with Crippen LogP contribution in [0.15, 0.2) is 35.9 Å². The molecule has 0 spiro atoms. The van der Waals surface area contributed by atoms with E-state index in [0.29, 0.717) is 23.5 Å². The summed E-state index contributed by atoms with van der Waals surface area (Å²) in [4.78, 5) is 0. The smallest absolute Gasteiger partial charge is 0.162 e. The Morgan fingerprint density at radius 1 is 0.935 bits per heavy atom. The van der Waals surface area contributed by atoms with Crippen molar-refractivity contribution in [2.24, 2.45) is 11.8 Å². The van der Waals surface area contributed by atoms with E-state index < -0.39 is 11.6 Å². The Hall–Kier alpha value is -1.44. The summed E-state index contributed by atoms with van der Waals surface area (Å²) in [5, 5.41) is 0. The second-order valence-corrected chi connectivity index (χ2v) is 9.92. The molecular weight excluding hydrogens is 386 g/mol. The van der Waals surface area contributed by atoms with Gasteiger partial charge in [0.05, 0.1) is 0 Å². The first-order valence-electron chi connectivity index (χ1n) is 12.9. The molecule has 2 aliphatic carbocycles. The molecule has 3 rings (SSSR count). The molecule has 0 aliphatic heterocycles. The van der Waals surface area contributed by atoms with Crippen molar-refractivity contribution in [2.75, 3.05) is 0 Å². The highest BCUT2D eigenvalue weighted by Gasteiger charge is 2.26. The standard InChI is InChI=1S/C29H42F2/c1-3-5-9-23-16-18-25(19-17-23)27-21-20-26(28(30)29(27)31)11-7-6-10-24-14-12-22(8-4-2)13-15-24/h6,10,12,20-21,23-25H,3-5,7-9,11,13-19H2,1-2H3/b10-6+. The maximum atomic E-state index is 14.8. The van der Waals surface area contributed by atoms with E-state index in [4.69, 9.17) is 0 Å².